The minimum atomic E-state index is 0.0126. The van der Waals surface area contributed by atoms with Crippen LogP contribution in [0.15, 0.2) is 36.7 Å². The van der Waals surface area contributed by atoms with E-state index in [4.69, 9.17) is 0 Å². The van der Waals surface area contributed by atoms with Crippen molar-refractivity contribution < 1.29 is 4.79 Å². The first kappa shape index (κ1) is 17.4. The van der Waals surface area contributed by atoms with Crippen molar-refractivity contribution in [1.29, 1.82) is 0 Å². The Morgan fingerprint density at radius 2 is 1.72 bits per heavy atom. The molecule has 5 heteroatoms. The molecule has 2 aromatic rings. The molecule has 1 aliphatic heterocycles. The molecule has 25 heavy (non-hydrogen) atoms. The largest absolute Gasteiger partial charge is 0.341 e. The van der Waals surface area contributed by atoms with Gasteiger partial charge in [-0.2, -0.15) is 0 Å². The first-order chi connectivity index (χ1) is 12.2. The number of hydrogen-bond donors (Lipinski definition) is 0. The molecule has 5 nitrogen and oxygen atoms in total. The van der Waals surface area contributed by atoms with Crippen molar-refractivity contribution in [3.63, 3.8) is 0 Å². The second-order valence-electron chi connectivity index (χ2n) is 6.50. The van der Waals surface area contributed by atoms with E-state index in [0.29, 0.717) is 18.1 Å². The van der Waals surface area contributed by atoms with Crippen molar-refractivity contribution in [2.45, 2.75) is 39.7 Å². The Labute approximate surface area is 149 Å². The lowest BCUT2D eigenvalue weighted by molar-refractivity contribution is 0.0734. The van der Waals surface area contributed by atoms with Crippen LogP contribution in [0.3, 0.4) is 0 Å². The maximum atomic E-state index is 12.8. The molecule has 3 rings (SSSR count). The fourth-order valence-corrected chi connectivity index (χ4v) is 3.30. The second kappa shape index (κ2) is 8.10. The topological polar surface area (TPSA) is 49.3 Å². The highest BCUT2D eigenvalue weighted by atomic mass is 16.2. The van der Waals surface area contributed by atoms with Crippen LogP contribution in [0.4, 0.5) is 5.95 Å². The minimum absolute atomic E-state index is 0.0126. The molecule has 0 aliphatic carbocycles. The van der Waals surface area contributed by atoms with Crippen LogP contribution < -0.4 is 4.90 Å². The molecule has 1 aromatic heterocycles. The molecule has 1 aromatic carbocycles. The fourth-order valence-electron chi connectivity index (χ4n) is 3.30. The van der Waals surface area contributed by atoms with Crippen LogP contribution in [0.25, 0.3) is 0 Å². The van der Waals surface area contributed by atoms with Gasteiger partial charge in [0, 0.05) is 38.6 Å². The van der Waals surface area contributed by atoms with Crippen molar-refractivity contribution in [1.82, 2.24) is 14.9 Å². The molecule has 132 valence electrons. The Bertz CT molecular complexity index is 708. The van der Waals surface area contributed by atoms with Gasteiger partial charge in [-0.3, -0.25) is 4.79 Å². The Balaban J connectivity index is 1.71. The van der Waals surface area contributed by atoms with Crippen molar-refractivity contribution >= 4 is 11.9 Å². The van der Waals surface area contributed by atoms with Crippen LogP contribution in [0.2, 0.25) is 0 Å². The maximum absolute atomic E-state index is 12.8. The number of benzene rings is 1. The molecule has 0 saturated heterocycles. The van der Waals surface area contributed by atoms with Gasteiger partial charge in [0.1, 0.15) is 0 Å². The van der Waals surface area contributed by atoms with Gasteiger partial charge in [-0.15, -0.1) is 0 Å². The zero-order valence-corrected chi connectivity index (χ0v) is 15.1. The second-order valence-corrected chi connectivity index (χ2v) is 6.50. The molecule has 2 heterocycles. The third-order valence-corrected chi connectivity index (χ3v) is 4.57. The predicted octanol–water partition coefficient (Wildman–Crippen LogP) is 3.30. The SMILES string of the molecule is CCCN(CCC)c1ncc(C(=O)N2CCc3ccccc3C2)cn1. The monoisotopic (exact) mass is 338 g/mol. The maximum Gasteiger partial charge on any atom is 0.257 e. The van der Waals surface area contributed by atoms with Gasteiger partial charge in [0.2, 0.25) is 5.95 Å². The summed E-state index contributed by atoms with van der Waals surface area (Å²) >= 11 is 0. The summed E-state index contributed by atoms with van der Waals surface area (Å²) in [5.41, 5.74) is 3.14. The molecule has 0 radical (unpaired) electrons. The Kier molecular flexibility index (Phi) is 5.64. The van der Waals surface area contributed by atoms with Crippen molar-refractivity contribution in [3.8, 4) is 0 Å². The smallest absolute Gasteiger partial charge is 0.257 e. The van der Waals surface area contributed by atoms with Crippen LogP contribution in [0, 0.1) is 0 Å². The van der Waals surface area contributed by atoms with E-state index in [1.807, 2.05) is 11.0 Å². The molecule has 1 aliphatic rings. The highest BCUT2D eigenvalue weighted by Gasteiger charge is 2.22. The van der Waals surface area contributed by atoms with Crippen molar-refractivity contribution in [2.75, 3.05) is 24.5 Å². The third kappa shape index (κ3) is 3.98. The number of rotatable bonds is 6. The Morgan fingerprint density at radius 1 is 1.08 bits per heavy atom. The van der Waals surface area contributed by atoms with Gasteiger partial charge in [-0.05, 0) is 30.4 Å². The summed E-state index contributed by atoms with van der Waals surface area (Å²) < 4.78 is 0. The molecule has 0 atom stereocenters. The van der Waals surface area contributed by atoms with Gasteiger partial charge >= 0.3 is 0 Å². The average Bonchev–Trinajstić information content (AvgIpc) is 2.67. The van der Waals surface area contributed by atoms with Gasteiger partial charge in [0.05, 0.1) is 5.56 Å². The third-order valence-electron chi connectivity index (χ3n) is 4.57. The summed E-state index contributed by atoms with van der Waals surface area (Å²) in [6.45, 7) is 7.57. The quantitative estimate of drug-likeness (QED) is 0.811. The summed E-state index contributed by atoms with van der Waals surface area (Å²) in [7, 11) is 0. The number of anilines is 1. The van der Waals surface area contributed by atoms with E-state index in [-0.39, 0.29) is 5.91 Å². The van der Waals surface area contributed by atoms with Crippen LogP contribution in [-0.4, -0.2) is 40.4 Å². The molecule has 0 spiro atoms. The standard InChI is InChI=1S/C20H26N4O/c1-3-10-23(11-4-2)20-21-13-18(14-22-20)19(25)24-12-9-16-7-5-6-8-17(16)15-24/h5-8,13-14H,3-4,9-12,15H2,1-2H3. The van der Waals surface area contributed by atoms with Gasteiger partial charge in [0.15, 0.2) is 0 Å². The van der Waals surface area contributed by atoms with Gasteiger partial charge < -0.3 is 9.80 Å². The number of amides is 1. The lowest BCUT2D eigenvalue weighted by Gasteiger charge is -2.29. The van der Waals surface area contributed by atoms with Crippen LogP contribution in [0.1, 0.15) is 48.2 Å². The van der Waals surface area contributed by atoms with Gasteiger partial charge in [-0.1, -0.05) is 38.1 Å². The number of hydrogen-bond acceptors (Lipinski definition) is 4. The summed E-state index contributed by atoms with van der Waals surface area (Å²) in [5, 5.41) is 0. The summed E-state index contributed by atoms with van der Waals surface area (Å²) in [6, 6.07) is 8.33. The Morgan fingerprint density at radius 3 is 2.36 bits per heavy atom. The molecular weight excluding hydrogens is 312 g/mol. The molecule has 0 saturated carbocycles. The lowest BCUT2D eigenvalue weighted by Crippen LogP contribution is -2.36. The van der Waals surface area contributed by atoms with E-state index in [9.17, 15) is 4.79 Å². The molecule has 0 N–H and O–H groups in total. The number of carbonyl (C=O) groups excluding carboxylic acids is 1. The number of fused-ring (bicyclic) bond motifs is 1. The zero-order valence-electron chi connectivity index (χ0n) is 15.1. The number of nitrogens with zero attached hydrogens (tertiary/aromatic N) is 4. The average molecular weight is 338 g/mol. The van der Waals surface area contributed by atoms with Crippen molar-refractivity contribution in [2.24, 2.45) is 0 Å². The minimum Gasteiger partial charge on any atom is -0.341 e. The molecule has 0 bridgehead atoms. The lowest BCUT2D eigenvalue weighted by atomic mass is 9.99. The predicted molar refractivity (Wildman–Crippen MR) is 99.7 cm³/mol. The van der Waals surface area contributed by atoms with Crippen molar-refractivity contribution in [3.05, 3.63) is 53.3 Å². The number of carbonyl (C=O) groups is 1. The summed E-state index contributed by atoms with van der Waals surface area (Å²) in [4.78, 5) is 25.7. The molecule has 1 amide bonds. The van der Waals surface area contributed by atoms with E-state index < -0.39 is 0 Å². The van der Waals surface area contributed by atoms with Crippen LogP contribution in [-0.2, 0) is 13.0 Å². The fraction of sp³-hybridized carbons (Fsp3) is 0.450. The molecule has 0 unspecified atom stereocenters. The van der Waals surface area contributed by atoms with E-state index in [2.05, 4.69) is 46.9 Å². The molecular formula is C20H26N4O. The molecule has 0 fully saturated rings. The summed E-state index contributed by atoms with van der Waals surface area (Å²) in [5.74, 6) is 0.725. The highest BCUT2D eigenvalue weighted by molar-refractivity contribution is 5.93. The normalized spacial score (nSPS) is 13.4. The van der Waals surface area contributed by atoms with E-state index in [0.717, 1.165) is 38.9 Å². The van der Waals surface area contributed by atoms with Gasteiger partial charge in [0.25, 0.3) is 5.91 Å². The van der Waals surface area contributed by atoms with Gasteiger partial charge in [-0.25, -0.2) is 9.97 Å². The first-order valence-corrected chi connectivity index (χ1v) is 9.16. The Hall–Kier alpha value is -2.43. The summed E-state index contributed by atoms with van der Waals surface area (Å²) in [6.07, 6.45) is 6.35. The number of aromatic nitrogens is 2. The van der Waals surface area contributed by atoms with Crippen LogP contribution >= 0.6 is 0 Å². The van der Waals surface area contributed by atoms with Crippen LogP contribution in [0.5, 0.6) is 0 Å². The van der Waals surface area contributed by atoms with E-state index in [1.165, 1.54) is 11.1 Å². The highest BCUT2D eigenvalue weighted by Crippen LogP contribution is 2.20. The van der Waals surface area contributed by atoms with E-state index in [1.54, 1.807) is 12.4 Å². The van der Waals surface area contributed by atoms with E-state index >= 15 is 0 Å². The first-order valence-electron chi connectivity index (χ1n) is 9.16. The zero-order chi connectivity index (χ0) is 17.6.